The quantitative estimate of drug-likeness (QED) is 0.647. The molecule has 2 N–H and O–H groups in total. The number of hydrogen-bond acceptors (Lipinski definition) is 4. The molecule has 1 aliphatic heterocycles. The third-order valence-electron chi connectivity index (χ3n) is 3.05. The van der Waals surface area contributed by atoms with Crippen LogP contribution in [-0.2, 0) is 19.5 Å². The summed E-state index contributed by atoms with van der Waals surface area (Å²) in [6.07, 6.45) is 7.28. The summed E-state index contributed by atoms with van der Waals surface area (Å²) in [5.41, 5.74) is 0. The van der Waals surface area contributed by atoms with Gasteiger partial charge >= 0.3 is 0 Å². The Balaban J connectivity index is 1.83. The maximum Gasteiger partial charge on any atom is 0.209 e. The van der Waals surface area contributed by atoms with Crippen molar-refractivity contribution >= 4 is 10.0 Å². The van der Waals surface area contributed by atoms with E-state index in [0.717, 1.165) is 38.9 Å². The van der Waals surface area contributed by atoms with Crippen molar-refractivity contribution in [3.63, 3.8) is 0 Å². The third kappa shape index (κ3) is 8.85. The van der Waals surface area contributed by atoms with E-state index in [1.807, 2.05) is 0 Å². The van der Waals surface area contributed by atoms with Crippen LogP contribution in [0.5, 0.6) is 0 Å². The molecule has 1 fully saturated rings. The lowest BCUT2D eigenvalue weighted by atomic mass is 10.1. The van der Waals surface area contributed by atoms with Crippen LogP contribution in [-0.4, -0.2) is 40.1 Å². The highest BCUT2D eigenvalue weighted by Crippen LogP contribution is 2.13. The highest BCUT2D eigenvalue weighted by Gasteiger charge is 2.13. The second kappa shape index (κ2) is 8.85. The molecular weight excluding hydrogens is 254 g/mol. The van der Waals surface area contributed by atoms with E-state index in [-0.39, 0.29) is 11.9 Å². The standard InChI is InChI=1S/C12H25NO4S/c13-18(14,15)10-6-2-1-4-8-16-11-12-7-3-5-9-17-12/h12H,1-11H2,(H2,13,14,15). The number of nitrogens with two attached hydrogens (primary N) is 1. The Bertz CT molecular complexity index is 299. The van der Waals surface area contributed by atoms with Gasteiger partial charge in [0.15, 0.2) is 0 Å². The first-order valence-corrected chi connectivity index (χ1v) is 8.49. The average Bonchev–Trinajstić information content (AvgIpc) is 2.32. The van der Waals surface area contributed by atoms with Gasteiger partial charge in [-0.05, 0) is 32.1 Å². The Morgan fingerprint density at radius 2 is 1.94 bits per heavy atom. The fraction of sp³-hybridized carbons (Fsp3) is 1.00. The number of primary sulfonamides is 1. The van der Waals surface area contributed by atoms with Gasteiger partial charge in [-0.1, -0.05) is 12.8 Å². The summed E-state index contributed by atoms with van der Waals surface area (Å²) in [6, 6.07) is 0. The smallest absolute Gasteiger partial charge is 0.209 e. The molecule has 1 aliphatic rings. The summed E-state index contributed by atoms with van der Waals surface area (Å²) in [7, 11) is -3.28. The number of rotatable bonds is 9. The molecule has 5 nitrogen and oxygen atoms in total. The molecule has 0 radical (unpaired) electrons. The lowest BCUT2D eigenvalue weighted by Gasteiger charge is -2.22. The van der Waals surface area contributed by atoms with Gasteiger partial charge in [0.2, 0.25) is 10.0 Å². The zero-order valence-corrected chi connectivity index (χ0v) is 11.8. The van der Waals surface area contributed by atoms with Gasteiger partial charge in [0.05, 0.1) is 18.5 Å². The second-order valence-corrected chi connectivity index (χ2v) is 6.58. The molecule has 0 aromatic rings. The first-order valence-electron chi connectivity index (χ1n) is 6.78. The predicted octanol–water partition coefficient (Wildman–Crippen LogP) is 1.42. The molecule has 0 saturated carbocycles. The molecule has 0 spiro atoms. The fourth-order valence-electron chi connectivity index (χ4n) is 2.01. The van der Waals surface area contributed by atoms with Gasteiger partial charge in [0, 0.05) is 13.2 Å². The molecule has 0 aliphatic carbocycles. The number of hydrogen-bond donors (Lipinski definition) is 1. The largest absolute Gasteiger partial charge is 0.379 e. The van der Waals surface area contributed by atoms with Gasteiger partial charge in [0.25, 0.3) is 0 Å². The molecule has 1 saturated heterocycles. The summed E-state index contributed by atoms with van der Waals surface area (Å²) < 4.78 is 32.5. The first kappa shape index (κ1) is 15.9. The van der Waals surface area contributed by atoms with E-state index in [9.17, 15) is 8.42 Å². The topological polar surface area (TPSA) is 78.6 Å². The molecule has 108 valence electrons. The first-order chi connectivity index (χ1) is 8.58. The molecule has 6 heteroatoms. The van der Waals surface area contributed by atoms with Crippen molar-refractivity contribution in [1.29, 1.82) is 0 Å². The molecule has 1 heterocycles. The molecule has 18 heavy (non-hydrogen) atoms. The van der Waals surface area contributed by atoms with Crippen LogP contribution >= 0.6 is 0 Å². The monoisotopic (exact) mass is 279 g/mol. The highest BCUT2D eigenvalue weighted by atomic mass is 32.2. The van der Waals surface area contributed by atoms with Crippen molar-refractivity contribution in [1.82, 2.24) is 0 Å². The lowest BCUT2D eigenvalue weighted by molar-refractivity contribution is -0.0411. The van der Waals surface area contributed by atoms with Gasteiger partial charge in [-0.3, -0.25) is 0 Å². The molecule has 1 unspecified atom stereocenters. The van der Waals surface area contributed by atoms with Gasteiger partial charge in [-0.25, -0.2) is 13.6 Å². The van der Waals surface area contributed by atoms with Crippen LogP contribution in [0.25, 0.3) is 0 Å². The molecule has 1 rings (SSSR count). The Labute approximate surface area is 110 Å². The molecule has 0 bridgehead atoms. The molecular formula is C12H25NO4S. The lowest BCUT2D eigenvalue weighted by Crippen LogP contribution is -2.24. The molecule has 1 atom stereocenters. The van der Waals surface area contributed by atoms with Gasteiger partial charge in [-0.2, -0.15) is 0 Å². The molecule has 0 amide bonds. The zero-order valence-electron chi connectivity index (χ0n) is 11.0. The average molecular weight is 279 g/mol. The summed E-state index contributed by atoms with van der Waals surface area (Å²) in [5.74, 6) is 0.0871. The van der Waals surface area contributed by atoms with E-state index < -0.39 is 10.0 Å². The fourth-order valence-corrected chi connectivity index (χ4v) is 2.62. The van der Waals surface area contributed by atoms with E-state index in [0.29, 0.717) is 13.0 Å². The van der Waals surface area contributed by atoms with Crippen molar-refractivity contribution in [2.45, 2.75) is 51.0 Å². The Morgan fingerprint density at radius 3 is 2.61 bits per heavy atom. The van der Waals surface area contributed by atoms with E-state index in [1.165, 1.54) is 12.8 Å². The predicted molar refractivity (Wildman–Crippen MR) is 70.9 cm³/mol. The Morgan fingerprint density at radius 1 is 1.17 bits per heavy atom. The van der Waals surface area contributed by atoms with Crippen LogP contribution in [0, 0.1) is 0 Å². The van der Waals surface area contributed by atoms with Crippen molar-refractivity contribution in [3.05, 3.63) is 0 Å². The summed E-state index contributed by atoms with van der Waals surface area (Å²) >= 11 is 0. The Hall–Kier alpha value is -0.170. The van der Waals surface area contributed by atoms with Crippen LogP contribution in [0.3, 0.4) is 0 Å². The van der Waals surface area contributed by atoms with Crippen LogP contribution in [0.2, 0.25) is 0 Å². The molecule has 0 aromatic carbocycles. The van der Waals surface area contributed by atoms with Gasteiger partial charge < -0.3 is 9.47 Å². The SMILES string of the molecule is NS(=O)(=O)CCCCCCOCC1CCCCO1. The van der Waals surface area contributed by atoms with Crippen molar-refractivity contribution < 1.29 is 17.9 Å². The summed E-state index contributed by atoms with van der Waals surface area (Å²) in [6.45, 7) is 2.29. The molecule has 0 aromatic heterocycles. The number of unbranched alkanes of at least 4 members (excludes halogenated alkanes) is 3. The van der Waals surface area contributed by atoms with Crippen LogP contribution in [0.1, 0.15) is 44.9 Å². The van der Waals surface area contributed by atoms with Gasteiger partial charge in [0.1, 0.15) is 0 Å². The third-order valence-corrected chi connectivity index (χ3v) is 3.90. The van der Waals surface area contributed by atoms with E-state index in [2.05, 4.69) is 0 Å². The number of sulfonamides is 1. The zero-order chi connectivity index (χ0) is 13.3. The summed E-state index contributed by atoms with van der Waals surface area (Å²) in [4.78, 5) is 0. The summed E-state index contributed by atoms with van der Waals surface area (Å²) in [5, 5.41) is 4.91. The normalized spacial score (nSPS) is 21.1. The van der Waals surface area contributed by atoms with Crippen LogP contribution in [0.4, 0.5) is 0 Å². The van der Waals surface area contributed by atoms with E-state index in [1.54, 1.807) is 0 Å². The number of ether oxygens (including phenoxy) is 2. The van der Waals surface area contributed by atoms with E-state index in [4.69, 9.17) is 14.6 Å². The minimum atomic E-state index is -3.28. The van der Waals surface area contributed by atoms with E-state index >= 15 is 0 Å². The maximum atomic E-state index is 10.7. The second-order valence-electron chi connectivity index (χ2n) is 4.84. The van der Waals surface area contributed by atoms with Crippen molar-refractivity contribution in [2.75, 3.05) is 25.6 Å². The van der Waals surface area contributed by atoms with Crippen LogP contribution < -0.4 is 5.14 Å². The minimum Gasteiger partial charge on any atom is -0.379 e. The minimum absolute atomic E-state index is 0.0871. The Kier molecular flexibility index (Phi) is 7.81. The van der Waals surface area contributed by atoms with Crippen LogP contribution in [0.15, 0.2) is 0 Å². The maximum absolute atomic E-state index is 10.7. The van der Waals surface area contributed by atoms with Crippen molar-refractivity contribution in [2.24, 2.45) is 5.14 Å². The van der Waals surface area contributed by atoms with Gasteiger partial charge in [-0.15, -0.1) is 0 Å². The highest BCUT2D eigenvalue weighted by molar-refractivity contribution is 7.89. The van der Waals surface area contributed by atoms with Crippen molar-refractivity contribution in [3.8, 4) is 0 Å².